The summed E-state index contributed by atoms with van der Waals surface area (Å²) in [7, 11) is 0. The molecule has 2 heteroatoms. The minimum absolute atomic E-state index is 0.489. The Morgan fingerprint density at radius 2 is 1.81 bits per heavy atom. The zero-order valence-corrected chi connectivity index (χ0v) is 13.4. The highest BCUT2D eigenvalue weighted by molar-refractivity contribution is 5.26. The number of aryl methyl sites for hydroxylation is 3. The summed E-state index contributed by atoms with van der Waals surface area (Å²) in [6.45, 7) is 7.52. The average molecular weight is 282 g/mol. The molecule has 1 unspecified atom stereocenters. The van der Waals surface area contributed by atoms with Crippen molar-refractivity contribution in [2.24, 2.45) is 0 Å². The molecule has 0 saturated heterocycles. The average Bonchev–Trinajstić information content (AvgIpc) is 2.48. The summed E-state index contributed by atoms with van der Waals surface area (Å²) in [5.41, 5.74) is 5.35. The Kier molecular flexibility index (Phi) is 5.94. The molecular formula is C19H26N2. The second kappa shape index (κ2) is 7.94. The van der Waals surface area contributed by atoms with Crippen molar-refractivity contribution in [2.45, 2.75) is 46.1 Å². The Morgan fingerprint density at radius 3 is 2.52 bits per heavy atom. The van der Waals surface area contributed by atoms with E-state index >= 15 is 0 Å². The predicted octanol–water partition coefficient (Wildman–Crippen LogP) is 3.85. The molecule has 0 spiro atoms. The van der Waals surface area contributed by atoms with Crippen LogP contribution in [-0.2, 0) is 12.8 Å². The summed E-state index contributed by atoms with van der Waals surface area (Å²) < 4.78 is 0. The highest BCUT2D eigenvalue weighted by atomic mass is 14.9. The highest BCUT2D eigenvalue weighted by Gasteiger charge is 2.11. The largest absolute Gasteiger partial charge is 0.314 e. The van der Waals surface area contributed by atoms with Gasteiger partial charge in [-0.25, -0.2) is 0 Å². The molecule has 0 amide bonds. The highest BCUT2D eigenvalue weighted by Crippen LogP contribution is 2.14. The van der Waals surface area contributed by atoms with Crippen LogP contribution in [0.5, 0.6) is 0 Å². The number of likely N-dealkylation sites (N-methyl/N-ethyl adjacent to an activating group) is 1. The van der Waals surface area contributed by atoms with Gasteiger partial charge in [0.05, 0.1) is 0 Å². The molecular weight excluding hydrogens is 256 g/mol. The lowest BCUT2D eigenvalue weighted by Crippen LogP contribution is -2.32. The Labute approximate surface area is 128 Å². The molecule has 0 radical (unpaired) electrons. The number of aromatic nitrogens is 1. The van der Waals surface area contributed by atoms with E-state index in [0.29, 0.717) is 6.04 Å². The lowest BCUT2D eigenvalue weighted by molar-refractivity contribution is 0.485. The third-order valence-electron chi connectivity index (χ3n) is 4.07. The van der Waals surface area contributed by atoms with Crippen LogP contribution in [0.25, 0.3) is 0 Å². The fraction of sp³-hybridized carbons (Fsp3) is 0.421. The maximum atomic E-state index is 4.53. The number of benzene rings is 1. The first-order valence-electron chi connectivity index (χ1n) is 7.89. The third-order valence-corrected chi connectivity index (χ3v) is 4.07. The van der Waals surface area contributed by atoms with Gasteiger partial charge >= 0.3 is 0 Å². The lowest BCUT2D eigenvalue weighted by atomic mass is 9.97. The first-order chi connectivity index (χ1) is 10.2. The second-order valence-electron chi connectivity index (χ2n) is 5.69. The fourth-order valence-electron chi connectivity index (χ4n) is 2.75. The third kappa shape index (κ3) is 4.68. The minimum Gasteiger partial charge on any atom is -0.314 e. The number of hydrogen-bond acceptors (Lipinski definition) is 2. The first kappa shape index (κ1) is 15.7. The lowest BCUT2D eigenvalue weighted by Gasteiger charge is -2.19. The second-order valence-corrected chi connectivity index (χ2v) is 5.69. The quantitative estimate of drug-likeness (QED) is 0.834. The van der Waals surface area contributed by atoms with Crippen LogP contribution in [0, 0.1) is 13.8 Å². The molecule has 0 aliphatic carbocycles. The molecule has 112 valence electrons. The van der Waals surface area contributed by atoms with Crippen molar-refractivity contribution in [3.05, 3.63) is 65.0 Å². The van der Waals surface area contributed by atoms with Gasteiger partial charge in [0.1, 0.15) is 0 Å². The number of nitrogens with zero attached hydrogens (tertiary/aromatic N) is 1. The van der Waals surface area contributed by atoms with Crippen LogP contribution >= 0.6 is 0 Å². The smallest absolute Gasteiger partial charge is 0.0448 e. The summed E-state index contributed by atoms with van der Waals surface area (Å²) in [5.74, 6) is 0. The number of nitrogens with one attached hydrogen (secondary N) is 1. The maximum absolute atomic E-state index is 4.53. The molecule has 1 heterocycles. The topological polar surface area (TPSA) is 24.9 Å². The van der Waals surface area contributed by atoms with Gasteiger partial charge in [0, 0.05) is 24.4 Å². The molecule has 0 saturated carbocycles. The van der Waals surface area contributed by atoms with E-state index < -0.39 is 0 Å². The van der Waals surface area contributed by atoms with Gasteiger partial charge in [-0.2, -0.15) is 0 Å². The van der Waals surface area contributed by atoms with Gasteiger partial charge in [-0.3, -0.25) is 4.98 Å². The molecule has 2 aromatic rings. The van der Waals surface area contributed by atoms with E-state index in [1.54, 1.807) is 0 Å². The van der Waals surface area contributed by atoms with Crippen LogP contribution in [0.4, 0.5) is 0 Å². The monoisotopic (exact) mass is 282 g/mol. The van der Waals surface area contributed by atoms with Crippen molar-refractivity contribution >= 4 is 0 Å². The van der Waals surface area contributed by atoms with E-state index in [2.05, 4.69) is 61.4 Å². The van der Waals surface area contributed by atoms with Gasteiger partial charge in [0.25, 0.3) is 0 Å². The minimum atomic E-state index is 0.489. The van der Waals surface area contributed by atoms with Gasteiger partial charge in [-0.1, -0.05) is 37.3 Å². The first-order valence-corrected chi connectivity index (χ1v) is 7.89. The number of hydrogen-bond donors (Lipinski definition) is 1. The van der Waals surface area contributed by atoms with Crippen LogP contribution in [0.3, 0.4) is 0 Å². The van der Waals surface area contributed by atoms with Crippen molar-refractivity contribution in [3.63, 3.8) is 0 Å². The molecule has 1 aromatic carbocycles. The SMILES string of the molecule is CCNC(CCc1ccccc1C)Cc1ncccc1C. The standard InChI is InChI=1S/C19H26N2/c1-4-20-18(14-19-16(3)9-7-13-21-19)12-11-17-10-6-5-8-15(17)2/h5-10,13,18,20H,4,11-12,14H2,1-3H3. The van der Waals surface area contributed by atoms with Gasteiger partial charge < -0.3 is 5.32 Å². The predicted molar refractivity (Wildman–Crippen MR) is 89.6 cm³/mol. The van der Waals surface area contributed by atoms with E-state index in [1.165, 1.54) is 22.4 Å². The van der Waals surface area contributed by atoms with E-state index in [-0.39, 0.29) is 0 Å². The molecule has 1 aromatic heterocycles. The van der Waals surface area contributed by atoms with E-state index in [4.69, 9.17) is 0 Å². The normalized spacial score (nSPS) is 12.3. The van der Waals surface area contributed by atoms with Crippen molar-refractivity contribution in [1.29, 1.82) is 0 Å². The van der Waals surface area contributed by atoms with Crippen LogP contribution in [0.15, 0.2) is 42.6 Å². The molecule has 21 heavy (non-hydrogen) atoms. The van der Waals surface area contributed by atoms with E-state index in [9.17, 15) is 0 Å². The van der Waals surface area contributed by atoms with E-state index in [0.717, 1.165) is 25.8 Å². The van der Waals surface area contributed by atoms with Crippen molar-refractivity contribution in [1.82, 2.24) is 10.3 Å². The van der Waals surface area contributed by atoms with Gasteiger partial charge in [-0.15, -0.1) is 0 Å². The summed E-state index contributed by atoms with van der Waals surface area (Å²) >= 11 is 0. The van der Waals surface area contributed by atoms with Crippen molar-refractivity contribution in [3.8, 4) is 0 Å². The fourth-order valence-corrected chi connectivity index (χ4v) is 2.75. The molecule has 2 rings (SSSR count). The zero-order valence-electron chi connectivity index (χ0n) is 13.4. The Hall–Kier alpha value is -1.67. The Bertz CT molecular complexity index is 563. The van der Waals surface area contributed by atoms with Crippen molar-refractivity contribution < 1.29 is 0 Å². The molecule has 0 fully saturated rings. The number of pyridine rings is 1. The maximum Gasteiger partial charge on any atom is 0.0448 e. The summed E-state index contributed by atoms with van der Waals surface area (Å²) in [6, 6.07) is 13.3. The molecule has 0 bridgehead atoms. The van der Waals surface area contributed by atoms with Crippen LogP contribution in [-0.4, -0.2) is 17.6 Å². The van der Waals surface area contributed by atoms with Crippen molar-refractivity contribution in [2.75, 3.05) is 6.54 Å². The van der Waals surface area contributed by atoms with Crippen LogP contribution in [0.2, 0.25) is 0 Å². The summed E-state index contributed by atoms with van der Waals surface area (Å²) in [5, 5.41) is 3.61. The van der Waals surface area contributed by atoms with E-state index in [1.807, 2.05) is 12.3 Å². The van der Waals surface area contributed by atoms with Crippen LogP contribution in [0.1, 0.15) is 35.7 Å². The van der Waals surface area contributed by atoms with Gasteiger partial charge in [0.2, 0.25) is 0 Å². The van der Waals surface area contributed by atoms with Crippen LogP contribution < -0.4 is 5.32 Å². The molecule has 0 aliphatic rings. The molecule has 0 aliphatic heterocycles. The summed E-state index contributed by atoms with van der Waals surface area (Å²) in [6.07, 6.45) is 5.17. The molecule has 2 nitrogen and oxygen atoms in total. The molecule has 1 atom stereocenters. The number of rotatable bonds is 7. The van der Waals surface area contributed by atoms with Gasteiger partial charge in [-0.05, 0) is 56.0 Å². The zero-order chi connectivity index (χ0) is 15.1. The molecule has 1 N–H and O–H groups in total. The summed E-state index contributed by atoms with van der Waals surface area (Å²) in [4.78, 5) is 4.53. The Morgan fingerprint density at radius 1 is 1.05 bits per heavy atom. The van der Waals surface area contributed by atoms with Gasteiger partial charge in [0.15, 0.2) is 0 Å². The Balaban J connectivity index is 1.99.